The maximum atomic E-state index is 6.06. The fourth-order valence-electron chi connectivity index (χ4n) is 3.47. The number of benzene rings is 2. The minimum Gasteiger partial charge on any atom is -0.357 e. The van der Waals surface area contributed by atoms with Crippen molar-refractivity contribution in [2.24, 2.45) is 0 Å². The van der Waals surface area contributed by atoms with Gasteiger partial charge in [-0.2, -0.15) is 0 Å². The van der Waals surface area contributed by atoms with Gasteiger partial charge in [0.15, 0.2) is 0 Å². The number of rotatable bonds is 1. The second-order valence-corrected chi connectivity index (χ2v) is 5.61. The number of fused-ring (bicyclic) bond motifs is 3. The van der Waals surface area contributed by atoms with Gasteiger partial charge in [-0.3, -0.25) is 0 Å². The third kappa shape index (κ3) is 1.41. The van der Waals surface area contributed by atoms with Gasteiger partial charge in [0.2, 0.25) is 0 Å². The highest BCUT2D eigenvalue weighted by atomic mass is 16.5. The zero-order valence-corrected chi connectivity index (χ0v) is 11.0. The largest absolute Gasteiger partial charge is 0.357 e. The Labute approximate surface area is 113 Å². The van der Waals surface area contributed by atoms with Crippen molar-refractivity contribution in [3.8, 4) is 0 Å². The molecule has 96 valence electrons. The van der Waals surface area contributed by atoms with Crippen molar-refractivity contribution in [2.75, 3.05) is 11.5 Å². The van der Waals surface area contributed by atoms with Crippen LogP contribution < -0.4 is 4.90 Å². The summed E-state index contributed by atoms with van der Waals surface area (Å²) in [6.07, 6.45) is 1.23. The van der Waals surface area contributed by atoms with E-state index in [-0.39, 0.29) is 11.6 Å². The zero-order chi connectivity index (χ0) is 12.9. The molecule has 2 heteroatoms. The Morgan fingerprint density at radius 2 is 1.79 bits per heavy atom. The number of para-hydroxylation sites is 2. The van der Waals surface area contributed by atoms with Crippen LogP contribution in [0.25, 0.3) is 0 Å². The fourth-order valence-corrected chi connectivity index (χ4v) is 3.47. The van der Waals surface area contributed by atoms with E-state index in [1.807, 2.05) is 0 Å². The van der Waals surface area contributed by atoms with E-state index in [1.54, 1.807) is 0 Å². The van der Waals surface area contributed by atoms with Crippen molar-refractivity contribution in [3.63, 3.8) is 0 Å². The normalized spacial score (nSPS) is 28.3. The van der Waals surface area contributed by atoms with Gasteiger partial charge >= 0.3 is 0 Å². The zero-order valence-electron chi connectivity index (χ0n) is 11.0. The summed E-state index contributed by atoms with van der Waals surface area (Å²) in [5.74, 6) is 0. The molecule has 2 nitrogen and oxygen atoms in total. The van der Waals surface area contributed by atoms with Crippen LogP contribution in [0, 0.1) is 0 Å². The second kappa shape index (κ2) is 3.84. The molecule has 2 atom stereocenters. The van der Waals surface area contributed by atoms with E-state index in [9.17, 15) is 0 Å². The molecule has 0 aliphatic carbocycles. The fraction of sp³-hybridized carbons (Fsp3) is 0.294. The van der Waals surface area contributed by atoms with E-state index in [0.717, 1.165) is 13.0 Å². The van der Waals surface area contributed by atoms with Crippen LogP contribution in [0.3, 0.4) is 0 Å². The summed E-state index contributed by atoms with van der Waals surface area (Å²) >= 11 is 0. The van der Waals surface area contributed by atoms with Crippen molar-refractivity contribution < 1.29 is 4.74 Å². The standard InChI is InChI=1S/C17H17NO/c1-17-11-12-19-16(17)18(13-7-3-2-4-8-13)15-10-6-5-9-14(15)17/h2-10,16H,11-12H2,1H3/t16-,17+/m0/s1. The third-order valence-electron chi connectivity index (χ3n) is 4.49. The van der Waals surface area contributed by atoms with E-state index < -0.39 is 0 Å². The number of ether oxygens (including phenoxy) is 1. The minimum absolute atomic E-state index is 0.117. The van der Waals surface area contributed by atoms with Gasteiger partial charge in [0.05, 0.1) is 6.61 Å². The van der Waals surface area contributed by atoms with Crippen LogP contribution in [0.5, 0.6) is 0 Å². The molecule has 2 aliphatic heterocycles. The number of hydrogen-bond donors (Lipinski definition) is 0. The van der Waals surface area contributed by atoms with Gasteiger partial charge < -0.3 is 9.64 Å². The summed E-state index contributed by atoms with van der Waals surface area (Å²) in [6.45, 7) is 3.17. The van der Waals surface area contributed by atoms with Crippen LogP contribution in [0.1, 0.15) is 18.9 Å². The van der Waals surface area contributed by atoms with Gasteiger partial charge in [0.25, 0.3) is 0 Å². The predicted octanol–water partition coefficient (Wildman–Crippen LogP) is 3.84. The van der Waals surface area contributed by atoms with Gasteiger partial charge in [-0.25, -0.2) is 0 Å². The molecule has 2 aliphatic rings. The number of nitrogens with zero attached hydrogens (tertiary/aromatic N) is 1. The Morgan fingerprint density at radius 3 is 2.63 bits per heavy atom. The molecule has 0 saturated carbocycles. The monoisotopic (exact) mass is 251 g/mol. The molecule has 0 spiro atoms. The van der Waals surface area contributed by atoms with Crippen molar-refractivity contribution in [2.45, 2.75) is 25.0 Å². The topological polar surface area (TPSA) is 12.5 Å². The molecule has 2 heterocycles. The molecule has 0 N–H and O–H groups in total. The molecule has 1 fully saturated rings. The van der Waals surface area contributed by atoms with E-state index in [4.69, 9.17) is 4.74 Å². The average molecular weight is 251 g/mol. The van der Waals surface area contributed by atoms with Gasteiger partial charge in [0.1, 0.15) is 6.23 Å². The quantitative estimate of drug-likeness (QED) is 0.763. The van der Waals surface area contributed by atoms with Crippen molar-refractivity contribution in [1.82, 2.24) is 0 Å². The number of anilines is 2. The first kappa shape index (κ1) is 11.1. The lowest BCUT2D eigenvalue weighted by molar-refractivity contribution is 0.0961. The first-order chi connectivity index (χ1) is 9.31. The maximum absolute atomic E-state index is 6.06. The highest BCUT2D eigenvalue weighted by Crippen LogP contribution is 2.53. The van der Waals surface area contributed by atoms with Crippen molar-refractivity contribution >= 4 is 11.4 Å². The van der Waals surface area contributed by atoms with E-state index in [1.165, 1.54) is 16.9 Å². The number of hydrogen-bond acceptors (Lipinski definition) is 2. The van der Waals surface area contributed by atoms with E-state index in [2.05, 4.69) is 66.4 Å². The lowest BCUT2D eigenvalue weighted by Gasteiger charge is -2.29. The third-order valence-corrected chi connectivity index (χ3v) is 4.49. The first-order valence-corrected chi connectivity index (χ1v) is 6.86. The smallest absolute Gasteiger partial charge is 0.144 e. The Bertz CT molecular complexity index is 610. The van der Waals surface area contributed by atoms with Crippen LogP contribution in [0.2, 0.25) is 0 Å². The molecule has 4 rings (SSSR count). The average Bonchev–Trinajstić information content (AvgIpc) is 2.94. The van der Waals surface area contributed by atoms with Gasteiger partial charge in [-0.1, -0.05) is 43.3 Å². The molecule has 2 aromatic carbocycles. The van der Waals surface area contributed by atoms with Gasteiger partial charge in [0, 0.05) is 16.8 Å². The highest BCUT2D eigenvalue weighted by molar-refractivity contribution is 5.73. The summed E-state index contributed by atoms with van der Waals surface area (Å²) in [7, 11) is 0. The SMILES string of the molecule is C[C@]12CCO[C@@H]1N(c1ccccc1)c1ccccc12. The molecule has 0 bridgehead atoms. The molecule has 0 unspecified atom stereocenters. The van der Waals surface area contributed by atoms with Crippen LogP contribution in [0.15, 0.2) is 54.6 Å². The first-order valence-electron chi connectivity index (χ1n) is 6.86. The van der Waals surface area contributed by atoms with E-state index in [0.29, 0.717) is 0 Å². The molecular weight excluding hydrogens is 234 g/mol. The lowest BCUT2D eigenvalue weighted by atomic mass is 9.82. The molecule has 0 aromatic heterocycles. The van der Waals surface area contributed by atoms with Gasteiger partial charge in [-0.05, 0) is 30.2 Å². The van der Waals surface area contributed by atoms with Crippen LogP contribution >= 0.6 is 0 Å². The second-order valence-electron chi connectivity index (χ2n) is 5.61. The molecule has 19 heavy (non-hydrogen) atoms. The molecule has 1 saturated heterocycles. The lowest BCUT2D eigenvalue weighted by Crippen LogP contribution is -2.37. The molecule has 0 amide bonds. The molecular formula is C17H17NO. The predicted molar refractivity (Wildman–Crippen MR) is 76.7 cm³/mol. The molecule has 2 aromatic rings. The van der Waals surface area contributed by atoms with Crippen molar-refractivity contribution in [1.29, 1.82) is 0 Å². The highest BCUT2D eigenvalue weighted by Gasteiger charge is 2.52. The summed E-state index contributed by atoms with van der Waals surface area (Å²) in [4.78, 5) is 2.35. The summed E-state index contributed by atoms with van der Waals surface area (Å²) in [5, 5.41) is 0. The van der Waals surface area contributed by atoms with E-state index >= 15 is 0 Å². The molecule has 0 radical (unpaired) electrons. The van der Waals surface area contributed by atoms with Crippen LogP contribution in [-0.2, 0) is 10.2 Å². The Hall–Kier alpha value is -1.80. The van der Waals surface area contributed by atoms with Gasteiger partial charge in [-0.15, -0.1) is 0 Å². The van der Waals surface area contributed by atoms with Crippen LogP contribution in [0.4, 0.5) is 11.4 Å². The Kier molecular flexibility index (Phi) is 2.24. The summed E-state index contributed by atoms with van der Waals surface area (Å²) in [6, 6.07) is 19.2. The van der Waals surface area contributed by atoms with Crippen LogP contribution in [-0.4, -0.2) is 12.8 Å². The Balaban J connectivity index is 1.92. The van der Waals surface area contributed by atoms with Crippen molar-refractivity contribution in [3.05, 3.63) is 60.2 Å². The maximum Gasteiger partial charge on any atom is 0.144 e. The Morgan fingerprint density at radius 1 is 1.05 bits per heavy atom. The summed E-state index contributed by atoms with van der Waals surface area (Å²) in [5.41, 5.74) is 4.04. The summed E-state index contributed by atoms with van der Waals surface area (Å²) < 4.78 is 6.06. The minimum atomic E-state index is 0.117.